The number of carbonyl (C=O) groups is 1. The molecule has 1 N–H and O–H groups in total. The van der Waals surface area contributed by atoms with Crippen LogP contribution in [0.1, 0.15) is 11.1 Å². The van der Waals surface area contributed by atoms with Gasteiger partial charge < -0.3 is 19.2 Å². The third-order valence-corrected chi connectivity index (χ3v) is 5.07. The largest absolute Gasteiger partial charge is 0.497 e. The molecule has 1 amide bonds. The summed E-state index contributed by atoms with van der Waals surface area (Å²) in [5.74, 6) is 0.883. The molecule has 0 saturated carbocycles. The maximum Gasteiger partial charge on any atom is 0.293 e. The lowest BCUT2D eigenvalue weighted by Gasteiger charge is -2.09. The number of benzene rings is 2. The third kappa shape index (κ3) is 5.31. The van der Waals surface area contributed by atoms with Gasteiger partial charge in [-0.3, -0.25) is 14.9 Å². The van der Waals surface area contributed by atoms with E-state index in [1.807, 2.05) is 0 Å². The molecule has 31 heavy (non-hydrogen) atoms. The minimum Gasteiger partial charge on any atom is -0.497 e. The molecular formula is C20H20N4O6S. The summed E-state index contributed by atoms with van der Waals surface area (Å²) in [6.45, 7) is 3.46. The molecule has 1 aromatic heterocycles. The molecule has 0 atom stereocenters. The van der Waals surface area contributed by atoms with Crippen LogP contribution in [-0.4, -0.2) is 41.0 Å². The third-order valence-electron chi connectivity index (χ3n) is 4.25. The second-order valence-corrected chi connectivity index (χ2v) is 7.47. The van der Waals surface area contributed by atoms with Crippen LogP contribution in [0.25, 0.3) is 11.5 Å². The molecule has 1 heterocycles. The summed E-state index contributed by atoms with van der Waals surface area (Å²) in [6.07, 6.45) is 0. The molecule has 0 spiro atoms. The fourth-order valence-electron chi connectivity index (χ4n) is 2.87. The van der Waals surface area contributed by atoms with Crippen molar-refractivity contribution in [1.29, 1.82) is 0 Å². The number of methoxy groups -OCH3 is 2. The molecule has 0 radical (unpaired) electrons. The lowest BCUT2D eigenvalue weighted by atomic mass is 10.1. The van der Waals surface area contributed by atoms with E-state index in [1.54, 1.807) is 38.1 Å². The molecule has 0 aliphatic carbocycles. The van der Waals surface area contributed by atoms with Gasteiger partial charge in [0.1, 0.15) is 17.2 Å². The Morgan fingerprint density at radius 2 is 1.81 bits per heavy atom. The summed E-state index contributed by atoms with van der Waals surface area (Å²) in [6, 6.07) is 8.34. The number of nitrogens with one attached hydrogen (secondary N) is 1. The SMILES string of the molecule is COc1cc(OC)cc(-c2nnc(SCC(=O)Nc3c(C)cc(C)cc3[N+](=O)[O-])o2)c1. The van der Waals surface area contributed by atoms with Crippen molar-refractivity contribution < 1.29 is 23.6 Å². The molecule has 3 rings (SSSR count). The topological polar surface area (TPSA) is 130 Å². The lowest BCUT2D eigenvalue weighted by molar-refractivity contribution is -0.384. The highest BCUT2D eigenvalue weighted by molar-refractivity contribution is 7.99. The number of aryl methyl sites for hydroxylation is 2. The Kier molecular flexibility index (Phi) is 6.75. The monoisotopic (exact) mass is 444 g/mol. The molecule has 162 valence electrons. The first-order chi connectivity index (χ1) is 14.8. The molecule has 10 nitrogen and oxygen atoms in total. The van der Waals surface area contributed by atoms with Crippen LogP contribution in [0, 0.1) is 24.0 Å². The van der Waals surface area contributed by atoms with Crippen molar-refractivity contribution in [1.82, 2.24) is 10.2 Å². The van der Waals surface area contributed by atoms with E-state index >= 15 is 0 Å². The summed E-state index contributed by atoms with van der Waals surface area (Å²) in [4.78, 5) is 23.2. The number of nitro groups is 1. The standard InChI is InChI=1S/C20H20N4O6S/c1-11-5-12(2)18(16(6-11)24(26)27)21-17(25)10-31-20-23-22-19(30-20)13-7-14(28-3)9-15(8-13)29-4/h5-9H,10H2,1-4H3,(H,21,25). The van der Waals surface area contributed by atoms with Crippen LogP contribution in [-0.2, 0) is 4.79 Å². The zero-order valence-electron chi connectivity index (χ0n) is 17.3. The Balaban J connectivity index is 1.69. The average Bonchev–Trinajstić information content (AvgIpc) is 3.22. The van der Waals surface area contributed by atoms with Crippen LogP contribution in [0.2, 0.25) is 0 Å². The van der Waals surface area contributed by atoms with Crippen LogP contribution in [0.15, 0.2) is 40.0 Å². The van der Waals surface area contributed by atoms with E-state index in [9.17, 15) is 14.9 Å². The normalized spacial score (nSPS) is 10.6. The molecule has 0 aliphatic rings. The summed E-state index contributed by atoms with van der Waals surface area (Å²) in [5, 5.41) is 22.0. The summed E-state index contributed by atoms with van der Waals surface area (Å²) in [7, 11) is 3.07. The van der Waals surface area contributed by atoms with Crippen LogP contribution in [0.4, 0.5) is 11.4 Å². The maximum atomic E-state index is 12.4. The number of carbonyl (C=O) groups excluding carboxylic acids is 1. The predicted octanol–water partition coefficient (Wildman–Crippen LogP) is 4.01. The number of rotatable bonds is 8. The maximum absolute atomic E-state index is 12.4. The number of ether oxygens (including phenoxy) is 2. The summed E-state index contributed by atoms with van der Waals surface area (Å²) >= 11 is 1.02. The number of thioether (sulfide) groups is 1. The summed E-state index contributed by atoms with van der Waals surface area (Å²) < 4.78 is 16.1. The number of nitrogens with zero attached hydrogens (tertiary/aromatic N) is 3. The highest BCUT2D eigenvalue weighted by Gasteiger charge is 2.20. The van der Waals surface area contributed by atoms with Gasteiger partial charge in [0, 0.05) is 17.7 Å². The Morgan fingerprint density at radius 3 is 2.42 bits per heavy atom. The van der Waals surface area contributed by atoms with Crippen molar-refractivity contribution in [3.05, 3.63) is 51.6 Å². The first kappa shape index (κ1) is 22.1. The number of nitro benzene ring substituents is 1. The van der Waals surface area contributed by atoms with Gasteiger partial charge in [-0.05, 0) is 37.1 Å². The molecule has 2 aromatic carbocycles. The Morgan fingerprint density at radius 1 is 1.13 bits per heavy atom. The number of hydrogen-bond donors (Lipinski definition) is 1. The fourth-order valence-corrected chi connectivity index (χ4v) is 3.43. The van der Waals surface area contributed by atoms with E-state index in [0.29, 0.717) is 22.6 Å². The zero-order chi connectivity index (χ0) is 22.5. The zero-order valence-corrected chi connectivity index (χ0v) is 18.1. The number of aromatic nitrogens is 2. The van der Waals surface area contributed by atoms with Crippen molar-refractivity contribution in [3.8, 4) is 23.0 Å². The molecule has 3 aromatic rings. The van der Waals surface area contributed by atoms with E-state index in [2.05, 4.69) is 15.5 Å². The molecule has 0 aliphatic heterocycles. The fraction of sp³-hybridized carbons (Fsp3) is 0.250. The van der Waals surface area contributed by atoms with Gasteiger partial charge in [-0.15, -0.1) is 10.2 Å². The van der Waals surface area contributed by atoms with Gasteiger partial charge in [0.15, 0.2) is 0 Å². The highest BCUT2D eigenvalue weighted by Crippen LogP contribution is 2.32. The van der Waals surface area contributed by atoms with Crippen molar-refractivity contribution in [2.75, 3.05) is 25.3 Å². The van der Waals surface area contributed by atoms with Gasteiger partial charge in [-0.25, -0.2) is 0 Å². The Labute approximate surface area is 182 Å². The van der Waals surface area contributed by atoms with Crippen LogP contribution < -0.4 is 14.8 Å². The first-order valence-corrected chi connectivity index (χ1v) is 10.0. The van der Waals surface area contributed by atoms with E-state index < -0.39 is 10.8 Å². The smallest absolute Gasteiger partial charge is 0.293 e. The lowest BCUT2D eigenvalue weighted by Crippen LogP contribution is -2.16. The Bertz CT molecular complexity index is 1110. The van der Waals surface area contributed by atoms with E-state index in [-0.39, 0.29) is 28.2 Å². The van der Waals surface area contributed by atoms with Gasteiger partial charge in [-0.1, -0.05) is 17.8 Å². The summed E-state index contributed by atoms with van der Waals surface area (Å²) in [5.41, 5.74) is 1.98. The molecule has 0 unspecified atom stereocenters. The van der Waals surface area contributed by atoms with E-state index in [0.717, 1.165) is 17.3 Å². The van der Waals surface area contributed by atoms with Crippen molar-refractivity contribution in [2.45, 2.75) is 19.1 Å². The quantitative estimate of drug-likeness (QED) is 0.311. The van der Waals surface area contributed by atoms with Gasteiger partial charge in [0.05, 0.1) is 24.9 Å². The number of hydrogen-bond acceptors (Lipinski definition) is 9. The van der Waals surface area contributed by atoms with Crippen molar-refractivity contribution in [3.63, 3.8) is 0 Å². The molecule has 0 fully saturated rings. The van der Waals surface area contributed by atoms with Crippen molar-refractivity contribution >= 4 is 29.0 Å². The van der Waals surface area contributed by atoms with E-state index in [1.165, 1.54) is 20.3 Å². The van der Waals surface area contributed by atoms with Crippen molar-refractivity contribution in [2.24, 2.45) is 0 Å². The molecule has 0 saturated heterocycles. The van der Waals surface area contributed by atoms with Gasteiger partial charge >= 0.3 is 0 Å². The first-order valence-electron chi connectivity index (χ1n) is 9.06. The molecule has 11 heteroatoms. The van der Waals surface area contributed by atoms with Crippen LogP contribution >= 0.6 is 11.8 Å². The number of amides is 1. The van der Waals surface area contributed by atoms with Gasteiger partial charge in [0.2, 0.25) is 11.8 Å². The van der Waals surface area contributed by atoms with Gasteiger partial charge in [0.25, 0.3) is 10.9 Å². The predicted molar refractivity (Wildman–Crippen MR) is 115 cm³/mol. The minimum absolute atomic E-state index is 0.0620. The highest BCUT2D eigenvalue weighted by atomic mass is 32.2. The molecular weight excluding hydrogens is 424 g/mol. The number of anilines is 1. The van der Waals surface area contributed by atoms with E-state index in [4.69, 9.17) is 13.9 Å². The Hall–Kier alpha value is -3.60. The average molecular weight is 444 g/mol. The second-order valence-electron chi connectivity index (χ2n) is 6.54. The second kappa shape index (κ2) is 9.47. The minimum atomic E-state index is -0.518. The van der Waals surface area contributed by atoms with Gasteiger partial charge in [-0.2, -0.15) is 0 Å². The van der Waals surface area contributed by atoms with Crippen LogP contribution in [0.5, 0.6) is 11.5 Å². The molecule has 0 bridgehead atoms. The van der Waals surface area contributed by atoms with Crippen LogP contribution in [0.3, 0.4) is 0 Å².